The van der Waals surface area contributed by atoms with Crippen molar-refractivity contribution in [1.29, 1.82) is 0 Å². The molecule has 0 fully saturated rings. The summed E-state index contributed by atoms with van der Waals surface area (Å²) in [7, 11) is 1.59. The van der Waals surface area contributed by atoms with Crippen LogP contribution in [0.4, 0.5) is 0 Å². The van der Waals surface area contributed by atoms with Crippen LogP contribution < -0.4 is 10.4 Å². The maximum Gasteiger partial charge on any atom is 0.349 e. The van der Waals surface area contributed by atoms with Crippen LogP contribution in [0.5, 0.6) is 11.5 Å². The molecular formula is C20H15NO5. The van der Waals surface area contributed by atoms with Gasteiger partial charge in [0.05, 0.1) is 12.5 Å². The molecule has 26 heavy (non-hydrogen) atoms. The minimum atomic E-state index is -0.673. The molecular weight excluding hydrogens is 334 g/mol. The Bertz CT molecular complexity index is 1160. The van der Waals surface area contributed by atoms with Crippen molar-refractivity contribution in [3.05, 3.63) is 64.5 Å². The minimum Gasteiger partial charge on any atom is -0.506 e. The second kappa shape index (κ2) is 6.07. The van der Waals surface area contributed by atoms with Gasteiger partial charge in [0.1, 0.15) is 28.3 Å². The standard InChI is InChI=1S/C20H15NO5/c1-11-3-8-16-14(9-11)19(22)18(20(23)25-16)15-10-17(26-21-15)12-4-6-13(24-2)7-5-12/h3-10,22H,1-2H3. The van der Waals surface area contributed by atoms with E-state index in [-0.39, 0.29) is 17.0 Å². The molecule has 4 rings (SSSR count). The zero-order valence-corrected chi connectivity index (χ0v) is 14.1. The minimum absolute atomic E-state index is 0.0217. The molecule has 0 atom stereocenters. The number of hydrogen-bond acceptors (Lipinski definition) is 6. The highest BCUT2D eigenvalue weighted by Gasteiger charge is 2.20. The van der Waals surface area contributed by atoms with Crippen LogP contribution in [0, 0.1) is 6.92 Å². The summed E-state index contributed by atoms with van der Waals surface area (Å²) in [5.41, 5.74) is 1.54. The number of aromatic hydroxyl groups is 1. The van der Waals surface area contributed by atoms with Gasteiger partial charge >= 0.3 is 5.63 Å². The van der Waals surface area contributed by atoms with Crippen LogP contribution in [0.25, 0.3) is 33.6 Å². The molecule has 0 saturated heterocycles. The first kappa shape index (κ1) is 16.0. The lowest BCUT2D eigenvalue weighted by Crippen LogP contribution is -2.03. The largest absolute Gasteiger partial charge is 0.506 e. The SMILES string of the molecule is COc1ccc(-c2cc(-c3c(O)c4cc(C)ccc4oc3=O)no2)cc1. The van der Waals surface area contributed by atoms with Gasteiger partial charge in [0.25, 0.3) is 0 Å². The summed E-state index contributed by atoms with van der Waals surface area (Å²) < 4.78 is 15.8. The molecule has 130 valence electrons. The Balaban J connectivity index is 1.83. The molecule has 0 saturated carbocycles. The van der Waals surface area contributed by atoms with Crippen molar-refractivity contribution in [3.63, 3.8) is 0 Å². The highest BCUT2D eigenvalue weighted by atomic mass is 16.5. The Kier molecular flexibility index (Phi) is 3.73. The van der Waals surface area contributed by atoms with E-state index in [1.54, 1.807) is 37.4 Å². The van der Waals surface area contributed by atoms with E-state index in [0.717, 1.165) is 16.9 Å². The number of nitrogens with zero attached hydrogens (tertiary/aromatic N) is 1. The fraction of sp³-hybridized carbons (Fsp3) is 0.100. The second-order valence-corrected chi connectivity index (χ2v) is 5.92. The van der Waals surface area contributed by atoms with Crippen molar-refractivity contribution in [2.45, 2.75) is 6.92 Å². The van der Waals surface area contributed by atoms with E-state index in [9.17, 15) is 9.90 Å². The molecule has 0 aliphatic heterocycles. The van der Waals surface area contributed by atoms with Crippen LogP contribution in [-0.2, 0) is 0 Å². The van der Waals surface area contributed by atoms with E-state index in [1.165, 1.54) is 0 Å². The topological polar surface area (TPSA) is 85.7 Å². The van der Waals surface area contributed by atoms with E-state index < -0.39 is 5.63 Å². The average molecular weight is 349 g/mol. The van der Waals surface area contributed by atoms with Gasteiger partial charge in [-0.3, -0.25) is 0 Å². The molecule has 2 heterocycles. The van der Waals surface area contributed by atoms with Crippen molar-refractivity contribution in [3.8, 4) is 34.1 Å². The number of ether oxygens (including phenoxy) is 1. The highest BCUT2D eigenvalue weighted by molar-refractivity contribution is 5.90. The summed E-state index contributed by atoms with van der Waals surface area (Å²) in [6.07, 6.45) is 0. The van der Waals surface area contributed by atoms with E-state index in [4.69, 9.17) is 13.7 Å². The van der Waals surface area contributed by atoms with Gasteiger partial charge in [-0.15, -0.1) is 0 Å². The first-order valence-electron chi connectivity index (χ1n) is 7.95. The summed E-state index contributed by atoms with van der Waals surface area (Å²) in [6, 6.07) is 14.0. The van der Waals surface area contributed by atoms with Crippen molar-refractivity contribution in [2.24, 2.45) is 0 Å². The predicted octanol–water partition coefficient (Wildman–Crippen LogP) is 4.14. The zero-order chi connectivity index (χ0) is 18.3. The summed E-state index contributed by atoms with van der Waals surface area (Å²) in [6.45, 7) is 1.89. The summed E-state index contributed by atoms with van der Waals surface area (Å²) in [5, 5.41) is 15.0. The van der Waals surface area contributed by atoms with Gasteiger partial charge in [-0.2, -0.15) is 0 Å². The van der Waals surface area contributed by atoms with Crippen molar-refractivity contribution >= 4 is 11.0 Å². The Labute approximate surface area is 148 Å². The fourth-order valence-corrected chi connectivity index (χ4v) is 2.81. The third-order valence-corrected chi connectivity index (χ3v) is 4.17. The van der Waals surface area contributed by atoms with Gasteiger partial charge in [-0.1, -0.05) is 16.8 Å². The van der Waals surface area contributed by atoms with Gasteiger partial charge < -0.3 is 18.8 Å². The number of aryl methyl sites for hydroxylation is 1. The maximum atomic E-state index is 12.3. The molecule has 4 aromatic rings. The van der Waals surface area contributed by atoms with Crippen molar-refractivity contribution in [2.75, 3.05) is 7.11 Å². The van der Waals surface area contributed by atoms with Gasteiger partial charge in [-0.25, -0.2) is 4.79 Å². The normalized spacial score (nSPS) is 11.0. The third-order valence-electron chi connectivity index (χ3n) is 4.17. The Morgan fingerprint density at radius 2 is 1.85 bits per heavy atom. The van der Waals surface area contributed by atoms with E-state index >= 15 is 0 Å². The molecule has 0 aliphatic carbocycles. The van der Waals surface area contributed by atoms with Crippen LogP contribution in [0.3, 0.4) is 0 Å². The van der Waals surface area contributed by atoms with E-state index in [2.05, 4.69) is 5.16 Å². The van der Waals surface area contributed by atoms with Crippen LogP contribution in [-0.4, -0.2) is 17.4 Å². The van der Waals surface area contributed by atoms with Crippen LogP contribution in [0.2, 0.25) is 0 Å². The number of benzene rings is 2. The second-order valence-electron chi connectivity index (χ2n) is 5.92. The van der Waals surface area contributed by atoms with Gasteiger partial charge in [0.15, 0.2) is 5.76 Å². The van der Waals surface area contributed by atoms with Gasteiger partial charge in [0, 0.05) is 11.6 Å². The molecule has 0 aliphatic rings. The molecule has 0 bridgehead atoms. The lowest BCUT2D eigenvalue weighted by molar-refractivity contribution is 0.414. The summed E-state index contributed by atoms with van der Waals surface area (Å²) in [4.78, 5) is 12.3. The number of rotatable bonds is 3. The third kappa shape index (κ3) is 2.61. The van der Waals surface area contributed by atoms with Crippen LogP contribution >= 0.6 is 0 Å². The first-order chi connectivity index (χ1) is 12.6. The van der Waals surface area contributed by atoms with Crippen molar-refractivity contribution in [1.82, 2.24) is 5.16 Å². The molecule has 2 aromatic heterocycles. The van der Waals surface area contributed by atoms with Crippen LogP contribution in [0.15, 0.2) is 62.3 Å². The Hall–Kier alpha value is -3.54. The molecule has 0 radical (unpaired) electrons. The predicted molar refractivity (Wildman–Crippen MR) is 96.4 cm³/mol. The maximum absolute atomic E-state index is 12.3. The lowest BCUT2D eigenvalue weighted by atomic mass is 10.1. The number of methoxy groups -OCH3 is 1. The smallest absolute Gasteiger partial charge is 0.349 e. The highest BCUT2D eigenvalue weighted by Crippen LogP contribution is 2.34. The first-order valence-corrected chi connectivity index (χ1v) is 7.95. The number of aromatic nitrogens is 1. The summed E-state index contributed by atoms with van der Waals surface area (Å²) >= 11 is 0. The van der Waals surface area contributed by atoms with Crippen molar-refractivity contribution < 1.29 is 18.8 Å². The molecule has 6 heteroatoms. The summed E-state index contributed by atoms with van der Waals surface area (Å²) in [5.74, 6) is 1.01. The molecule has 0 unspecified atom stereocenters. The molecule has 0 spiro atoms. The van der Waals surface area contributed by atoms with Gasteiger partial charge in [0.2, 0.25) is 0 Å². The quantitative estimate of drug-likeness (QED) is 0.560. The number of fused-ring (bicyclic) bond motifs is 1. The lowest BCUT2D eigenvalue weighted by Gasteiger charge is -2.04. The zero-order valence-electron chi connectivity index (χ0n) is 14.1. The molecule has 0 amide bonds. The molecule has 6 nitrogen and oxygen atoms in total. The van der Waals surface area contributed by atoms with Crippen LogP contribution in [0.1, 0.15) is 5.56 Å². The number of hydrogen-bond donors (Lipinski definition) is 1. The van der Waals surface area contributed by atoms with E-state index in [1.807, 2.05) is 25.1 Å². The fourth-order valence-electron chi connectivity index (χ4n) is 2.81. The van der Waals surface area contributed by atoms with Gasteiger partial charge in [-0.05, 0) is 43.3 Å². The Morgan fingerprint density at radius 3 is 2.58 bits per heavy atom. The Morgan fingerprint density at radius 1 is 1.08 bits per heavy atom. The molecule has 1 N–H and O–H groups in total. The van der Waals surface area contributed by atoms with E-state index in [0.29, 0.717) is 16.7 Å². The monoisotopic (exact) mass is 349 g/mol. The molecule has 2 aromatic carbocycles. The average Bonchev–Trinajstić information content (AvgIpc) is 3.12.